The molecule has 0 fully saturated rings. The first-order valence-electron chi connectivity index (χ1n) is 7.52. The molecule has 19 heavy (non-hydrogen) atoms. The molecule has 0 saturated carbocycles. The van der Waals surface area contributed by atoms with Crippen LogP contribution in [-0.4, -0.2) is 23.1 Å². The molecule has 1 rings (SSSR count). The number of hydrogen-bond donors (Lipinski definition) is 2. The molecule has 108 valence electrons. The number of nitrogens with one attached hydrogen (secondary N) is 2. The number of aromatic nitrogens is 2. The Morgan fingerprint density at radius 1 is 0.789 bits per heavy atom. The molecule has 0 aliphatic rings. The summed E-state index contributed by atoms with van der Waals surface area (Å²) < 4.78 is 0. The second-order valence-electron chi connectivity index (χ2n) is 5.01. The van der Waals surface area contributed by atoms with Crippen LogP contribution in [0.15, 0.2) is 0 Å². The predicted molar refractivity (Wildman–Crippen MR) is 82.9 cm³/mol. The largest absolute Gasteiger partial charge is 0.370 e. The molecule has 4 nitrogen and oxygen atoms in total. The quantitative estimate of drug-likeness (QED) is 0.664. The van der Waals surface area contributed by atoms with Gasteiger partial charge in [-0.05, 0) is 26.7 Å². The number of anilines is 2. The topological polar surface area (TPSA) is 49.8 Å². The molecule has 0 bridgehead atoms. The lowest BCUT2D eigenvalue weighted by Gasteiger charge is -2.13. The van der Waals surface area contributed by atoms with Gasteiger partial charge in [0.1, 0.15) is 17.5 Å². The average molecular weight is 264 g/mol. The molecule has 1 heterocycles. The van der Waals surface area contributed by atoms with Gasteiger partial charge in [-0.25, -0.2) is 9.97 Å². The fourth-order valence-electron chi connectivity index (χ4n) is 1.97. The van der Waals surface area contributed by atoms with Crippen molar-refractivity contribution in [1.82, 2.24) is 9.97 Å². The van der Waals surface area contributed by atoms with Crippen LogP contribution < -0.4 is 10.6 Å². The normalized spacial score (nSPS) is 10.5. The molecule has 0 aromatic carbocycles. The van der Waals surface area contributed by atoms with E-state index in [2.05, 4.69) is 41.4 Å². The van der Waals surface area contributed by atoms with Crippen molar-refractivity contribution in [3.63, 3.8) is 0 Å². The lowest BCUT2D eigenvalue weighted by Crippen LogP contribution is -2.11. The Bertz CT molecular complexity index is 377. The molecular formula is C15H28N4. The van der Waals surface area contributed by atoms with E-state index in [0.717, 1.165) is 42.5 Å². The summed E-state index contributed by atoms with van der Waals surface area (Å²) in [4.78, 5) is 8.96. The van der Waals surface area contributed by atoms with E-state index in [1.54, 1.807) is 0 Å². The minimum Gasteiger partial charge on any atom is -0.370 e. The van der Waals surface area contributed by atoms with Gasteiger partial charge in [0.2, 0.25) is 0 Å². The first-order valence-corrected chi connectivity index (χ1v) is 7.52. The molecule has 1 aromatic heterocycles. The van der Waals surface area contributed by atoms with Crippen molar-refractivity contribution in [2.45, 2.75) is 59.8 Å². The van der Waals surface area contributed by atoms with Gasteiger partial charge in [-0.3, -0.25) is 0 Å². The fourth-order valence-corrected chi connectivity index (χ4v) is 1.97. The van der Waals surface area contributed by atoms with Crippen molar-refractivity contribution >= 4 is 11.6 Å². The van der Waals surface area contributed by atoms with Gasteiger partial charge in [-0.2, -0.15) is 0 Å². The maximum absolute atomic E-state index is 4.50. The second-order valence-corrected chi connectivity index (χ2v) is 5.01. The third-order valence-electron chi connectivity index (χ3n) is 3.12. The number of unbranched alkanes of at least 4 members (excludes halogenated alkanes) is 3. The van der Waals surface area contributed by atoms with Crippen LogP contribution in [0.2, 0.25) is 0 Å². The molecule has 0 radical (unpaired) electrons. The van der Waals surface area contributed by atoms with E-state index in [1.165, 1.54) is 25.7 Å². The van der Waals surface area contributed by atoms with Gasteiger partial charge < -0.3 is 10.6 Å². The van der Waals surface area contributed by atoms with Crippen LogP contribution in [0, 0.1) is 13.8 Å². The SMILES string of the molecule is CCCCCCNc1nc(C)nc(NCCC)c1C. The zero-order valence-corrected chi connectivity index (χ0v) is 12.8. The van der Waals surface area contributed by atoms with Crippen LogP contribution in [-0.2, 0) is 0 Å². The number of hydrogen-bond acceptors (Lipinski definition) is 4. The molecule has 0 amide bonds. The molecule has 0 saturated heterocycles. The summed E-state index contributed by atoms with van der Waals surface area (Å²) in [6, 6.07) is 0. The van der Waals surface area contributed by atoms with Gasteiger partial charge >= 0.3 is 0 Å². The van der Waals surface area contributed by atoms with Gasteiger partial charge in [0.05, 0.1) is 0 Å². The van der Waals surface area contributed by atoms with Gasteiger partial charge in [0, 0.05) is 18.7 Å². The van der Waals surface area contributed by atoms with Crippen LogP contribution in [0.1, 0.15) is 57.3 Å². The van der Waals surface area contributed by atoms with Crippen molar-refractivity contribution in [1.29, 1.82) is 0 Å². The molecule has 4 heteroatoms. The third-order valence-corrected chi connectivity index (χ3v) is 3.12. The van der Waals surface area contributed by atoms with Crippen LogP contribution in [0.5, 0.6) is 0 Å². The summed E-state index contributed by atoms with van der Waals surface area (Å²) in [5, 5.41) is 6.80. The molecule has 0 unspecified atom stereocenters. The summed E-state index contributed by atoms with van der Waals surface area (Å²) in [5.41, 5.74) is 1.12. The zero-order chi connectivity index (χ0) is 14.1. The Labute approximate surface area is 117 Å². The Kier molecular flexibility index (Phi) is 7.23. The Hall–Kier alpha value is -1.32. The first kappa shape index (κ1) is 15.7. The van der Waals surface area contributed by atoms with E-state index in [0.29, 0.717) is 0 Å². The number of nitrogens with zero attached hydrogens (tertiary/aromatic N) is 2. The van der Waals surface area contributed by atoms with Crippen molar-refractivity contribution in [3.05, 3.63) is 11.4 Å². The smallest absolute Gasteiger partial charge is 0.134 e. The van der Waals surface area contributed by atoms with E-state index in [1.807, 2.05) is 6.92 Å². The minimum absolute atomic E-state index is 0.820. The summed E-state index contributed by atoms with van der Waals surface area (Å²) in [6.07, 6.45) is 6.17. The van der Waals surface area contributed by atoms with Crippen molar-refractivity contribution in [3.8, 4) is 0 Å². The van der Waals surface area contributed by atoms with Crippen molar-refractivity contribution in [2.75, 3.05) is 23.7 Å². The van der Waals surface area contributed by atoms with Crippen LogP contribution >= 0.6 is 0 Å². The van der Waals surface area contributed by atoms with Crippen LogP contribution in [0.25, 0.3) is 0 Å². The summed E-state index contributed by atoms with van der Waals surface area (Å²) in [6.45, 7) is 10.3. The highest BCUT2D eigenvalue weighted by Gasteiger charge is 2.08. The highest BCUT2D eigenvalue weighted by molar-refractivity contribution is 5.57. The Morgan fingerprint density at radius 2 is 1.42 bits per heavy atom. The van der Waals surface area contributed by atoms with E-state index in [9.17, 15) is 0 Å². The zero-order valence-electron chi connectivity index (χ0n) is 12.8. The van der Waals surface area contributed by atoms with Gasteiger partial charge in [-0.1, -0.05) is 33.1 Å². The lowest BCUT2D eigenvalue weighted by atomic mass is 10.2. The van der Waals surface area contributed by atoms with Gasteiger partial charge in [0.15, 0.2) is 0 Å². The maximum atomic E-state index is 4.50. The summed E-state index contributed by atoms with van der Waals surface area (Å²) in [5.74, 6) is 2.76. The van der Waals surface area contributed by atoms with Gasteiger partial charge in [0.25, 0.3) is 0 Å². The summed E-state index contributed by atoms with van der Waals surface area (Å²) >= 11 is 0. The van der Waals surface area contributed by atoms with Crippen LogP contribution in [0.3, 0.4) is 0 Å². The Balaban J connectivity index is 2.58. The van der Waals surface area contributed by atoms with Crippen molar-refractivity contribution in [2.24, 2.45) is 0 Å². The highest BCUT2D eigenvalue weighted by Crippen LogP contribution is 2.19. The first-order chi connectivity index (χ1) is 9.19. The molecule has 0 spiro atoms. The standard InChI is InChI=1S/C15H28N4/c1-5-7-8-9-11-17-15-12(3)14(16-10-6-2)18-13(4)19-15/h5-11H2,1-4H3,(H2,16,17,18,19). The van der Waals surface area contributed by atoms with Crippen molar-refractivity contribution < 1.29 is 0 Å². The molecular weight excluding hydrogens is 236 g/mol. The van der Waals surface area contributed by atoms with E-state index < -0.39 is 0 Å². The van der Waals surface area contributed by atoms with Gasteiger partial charge in [-0.15, -0.1) is 0 Å². The predicted octanol–water partition coefficient (Wildman–Crippen LogP) is 3.91. The van der Waals surface area contributed by atoms with E-state index in [4.69, 9.17) is 0 Å². The average Bonchev–Trinajstić information content (AvgIpc) is 2.40. The number of rotatable bonds is 9. The molecule has 2 N–H and O–H groups in total. The van der Waals surface area contributed by atoms with E-state index in [-0.39, 0.29) is 0 Å². The molecule has 0 atom stereocenters. The van der Waals surface area contributed by atoms with Crippen LogP contribution in [0.4, 0.5) is 11.6 Å². The van der Waals surface area contributed by atoms with E-state index >= 15 is 0 Å². The monoisotopic (exact) mass is 264 g/mol. The second kappa shape index (κ2) is 8.73. The summed E-state index contributed by atoms with van der Waals surface area (Å²) in [7, 11) is 0. The lowest BCUT2D eigenvalue weighted by molar-refractivity contribution is 0.684. The molecule has 1 aromatic rings. The minimum atomic E-state index is 0.820. The Morgan fingerprint density at radius 3 is 2.00 bits per heavy atom. The fraction of sp³-hybridized carbons (Fsp3) is 0.733. The highest BCUT2D eigenvalue weighted by atomic mass is 15.1. The number of aryl methyl sites for hydroxylation is 1. The molecule has 0 aliphatic heterocycles. The third kappa shape index (κ3) is 5.45. The maximum Gasteiger partial charge on any atom is 0.134 e. The molecule has 0 aliphatic carbocycles.